The third-order valence-electron chi connectivity index (χ3n) is 5.84. The van der Waals surface area contributed by atoms with Crippen molar-refractivity contribution in [3.05, 3.63) is 0 Å². The Balaban J connectivity index is 1.52. The lowest BCUT2D eigenvalue weighted by Crippen LogP contribution is -2.44. The molecule has 3 heteroatoms. The van der Waals surface area contributed by atoms with Crippen LogP contribution >= 0.6 is 0 Å². The fraction of sp³-hybridized carbons (Fsp3) is 0.933. The summed E-state index contributed by atoms with van der Waals surface area (Å²) in [6, 6.07) is 0.628. The lowest BCUT2D eigenvalue weighted by molar-refractivity contribution is -0.129. The summed E-state index contributed by atoms with van der Waals surface area (Å²) in [6.45, 7) is 3.37. The molecule has 0 spiro atoms. The van der Waals surface area contributed by atoms with Crippen molar-refractivity contribution in [3.63, 3.8) is 0 Å². The van der Waals surface area contributed by atoms with Crippen LogP contribution in [0.15, 0.2) is 0 Å². The van der Waals surface area contributed by atoms with Crippen molar-refractivity contribution in [2.45, 2.75) is 45.1 Å². The molecule has 0 heterocycles. The zero-order valence-corrected chi connectivity index (χ0v) is 11.7. The highest BCUT2D eigenvalue weighted by atomic mass is 16.2. The SMILES string of the molecule is CCN(C)C(=O)CNC1CC2CC1C1CCCC21. The van der Waals surface area contributed by atoms with Gasteiger partial charge < -0.3 is 10.2 Å². The summed E-state index contributed by atoms with van der Waals surface area (Å²) in [4.78, 5) is 13.6. The zero-order valence-electron chi connectivity index (χ0n) is 11.7. The van der Waals surface area contributed by atoms with E-state index >= 15 is 0 Å². The molecule has 18 heavy (non-hydrogen) atoms. The van der Waals surface area contributed by atoms with Crippen molar-refractivity contribution in [1.82, 2.24) is 10.2 Å². The number of amides is 1. The molecule has 0 aromatic carbocycles. The van der Waals surface area contributed by atoms with Gasteiger partial charge in [0.2, 0.25) is 5.91 Å². The maximum absolute atomic E-state index is 11.8. The zero-order chi connectivity index (χ0) is 12.7. The molecule has 3 fully saturated rings. The molecule has 1 amide bonds. The molecule has 0 aromatic rings. The van der Waals surface area contributed by atoms with Gasteiger partial charge in [0, 0.05) is 19.6 Å². The standard InChI is InChI=1S/C15H26N2O/c1-3-17(2)15(18)9-16-14-8-10-7-13(14)12-6-4-5-11(10)12/h10-14,16H,3-9H2,1-2H3. The normalized spacial score (nSPS) is 41.1. The number of carbonyl (C=O) groups is 1. The Morgan fingerprint density at radius 2 is 2.00 bits per heavy atom. The molecule has 0 radical (unpaired) electrons. The molecule has 3 rings (SSSR count). The quantitative estimate of drug-likeness (QED) is 0.826. The van der Waals surface area contributed by atoms with Crippen LogP contribution in [0.1, 0.15) is 39.0 Å². The Hall–Kier alpha value is -0.570. The first-order valence-corrected chi connectivity index (χ1v) is 7.68. The van der Waals surface area contributed by atoms with Gasteiger partial charge in [-0.05, 0) is 56.3 Å². The second-order valence-corrected chi connectivity index (χ2v) is 6.55. The van der Waals surface area contributed by atoms with E-state index in [1.54, 1.807) is 4.90 Å². The van der Waals surface area contributed by atoms with Crippen molar-refractivity contribution in [1.29, 1.82) is 0 Å². The number of nitrogens with zero attached hydrogens (tertiary/aromatic N) is 1. The average molecular weight is 250 g/mol. The van der Waals surface area contributed by atoms with E-state index in [-0.39, 0.29) is 5.91 Å². The molecular formula is C15H26N2O. The second kappa shape index (κ2) is 4.84. The fourth-order valence-corrected chi connectivity index (χ4v) is 4.83. The van der Waals surface area contributed by atoms with Crippen LogP contribution in [0.25, 0.3) is 0 Å². The predicted octanol–water partition coefficient (Wildman–Crippen LogP) is 1.88. The summed E-state index contributed by atoms with van der Waals surface area (Å²) >= 11 is 0. The van der Waals surface area contributed by atoms with Crippen molar-refractivity contribution in [2.24, 2.45) is 23.7 Å². The maximum Gasteiger partial charge on any atom is 0.236 e. The fourth-order valence-electron chi connectivity index (χ4n) is 4.83. The lowest BCUT2D eigenvalue weighted by atomic mass is 9.79. The van der Waals surface area contributed by atoms with E-state index in [2.05, 4.69) is 5.32 Å². The monoisotopic (exact) mass is 250 g/mol. The summed E-state index contributed by atoms with van der Waals surface area (Å²) in [7, 11) is 1.89. The number of carbonyl (C=O) groups excluding carboxylic acids is 1. The molecule has 3 saturated carbocycles. The molecule has 1 N–H and O–H groups in total. The van der Waals surface area contributed by atoms with Crippen LogP contribution in [-0.2, 0) is 4.79 Å². The second-order valence-electron chi connectivity index (χ2n) is 6.55. The first kappa shape index (κ1) is 12.5. The van der Waals surface area contributed by atoms with Crippen LogP contribution in [0.5, 0.6) is 0 Å². The van der Waals surface area contributed by atoms with Gasteiger partial charge in [-0.3, -0.25) is 4.79 Å². The largest absolute Gasteiger partial charge is 0.345 e. The minimum absolute atomic E-state index is 0.239. The minimum atomic E-state index is 0.239. The van der Waals surface area contributed by atoms with E-state index in [1.807, 2.05) is 14.0 Å². The summed E-state index contributed by atoms with van der Waals surface area (Å²) in [6.07, 6.45) is 7.15. The first-order chi connectivity index (χ1) is 8.70. The van der Waals surface area contributed by atoms with Crippen LogP contribution in [-0.4, -0.2) is 37.0 Å². The molecular weight excluding hydrogens is 224 g/mol. The number of likely N-dealkylation sites (N-methyl/N-ethyl adjacent to an activating group) is 1. The Morgan fingerprint density at radius 1 is 1.22 bits per heavy atom. The number of hydrogen-bond acceptors (Lipinski definition) is 2. The average Bonchev–Trinajstić information content (AvgIpc) is 3.05. The lowest BCUT2D eigenvalue weighted by Gasteiger charge is -2.32. The molecule has 3 aliphatic rings. The number of rotatable bonds is 4. The highest BCUT2D eigenvalue weighted by Crippen LogP contribution is 2.58. The minimum Gasteiger partial charge on any atom is -0.345 e. The molecule has 5 atom stereocenters. The van der Waals surface area contributed by atoms with Crippen molar-refractivity contribution >= 4 is 5.91 Å². The van der Waals surface area contributed by atoms with Crippen LogP contribution in [0.4, 0.5) is 0 Å². The summed E-state index contributed by atoms with van der Waals surface area (Å²) in [5.41, 5.74) is 0. The van der Waals surface area contributed by atoms with E-state index in [0.29, 0.717) is 12.6 Å². The Morgan fingerprint density at radius 3 is 2.78 bits per heavy atom. The van der Waals surface area contributed by atoms with E-state index < -0.39 is 0 Å². The molecule has 2 bridgehead atoms. The van der Waals surface area contributed by atoms with Gasteiger partial charge >= 0.3 is 0 Å². The van der Waals surface area contributed by atoms with Gasteiger partial charge in [-0.15, -0.1) is 0 Å². The molecule has 102 valence electrons. The molecule has 0 saturated heterocycles. The van der Waals surface area contributed by atoms with Crippen molar-refractivity contribution in [2.75, 3.05) is 20.1 Å². The van der Waals surface area contributed by atoms with Gasteiger partial charge in [0.25, 0.3) is 0 Å². The van der Waals surface area contributed by atoms with E-state index in [4.69, 9.17) is 0 Å². The number of hydrogen-bond donors (Lipinski definition) is 1. The summed E-state index contributed by atoms with van der Waals surface area (Å²) in [5.74, 6) is 4.12. The van der Waals surface area contributed by atoms with Gasteiger partial charge in [-0.25, -0.2) is 0 Å². The number of nitrogens with one attached hydrogen (secondary N) is 1. The topological polar surface area (TPSA) is 32.3 Å². The Kier molecular flexibility index (Phi) is 3.35. The van der Waals surface area contributed by atoms with E-state index in [9.17, 15) is 4.79 Å². The molecule has 3 nitrogen and oxygen atoms in total. The first-order valence-electron chi connectivity index (χ1n) is 7.68. The molecule has 0 aliphatic heterocycles. The van der Waals surface area contributed by atoms with Crippen LogP contribution in [0.2, 0.25) is 0 Å². The van der Waals surface area contributed by atoms with Crippen LogP contribution in [0, 0.1) is 23.7 Å². The number of fused-ring (bicyclic) bond motifs is 5. The highest BCUT2D eigenvalue weighted by Gasteiger charge is 2.53. The highest BCUT2D eigenvalue weighted by molar-refractivity contribution is 5.77. The third-order valence-corrected chi connectivity index (χ3v) is 5.84. The van der Waals surface area contributed by atoms with Gasteiger partial charge in [-0.2, -0.15) is 0 Å². The van der Waals surface area contributed by atoms with Gasteiger partial charge in [-0.1, -0.05) is 6.42 Å². The molecule has 3 aliphatic carbocycles. The van der Waals surface area contributed by atoms with Crippen LogP contribution < -0.4 is 5.32 Å². The maximum atomic E-state index is 11.8. The van der Waals surface area contributed by atoms with Gasteiger partial charge in [0.05, 0.1) is 6.54 Å². The Labute approximate surface area is 110 Å². The summed E-state index contributed by atoms with van der Waals surface area (Å²) in [5, 5.41) is 3.55. The van der Waals surface area contributed by atoms with Crippen LogP contribution in [0.3, 0.4) is 0 Å². The smallest absolute Gasteiger partial charge is 0.236 e. The van der Waals surface area contributed by atoms with E-state index in [0.717, 1.165) is 30.2 Å². The molecule has 5 unspecified atom stereocenters. The predicted molar refractivity (Wildman–Crippen MR) is 72.1 cm³/mol. The molecule has 0 aromatic heterocycles. The van der Waals surface area contributed by atoms with Gasteiger partial charge in [0.15, 0.2) is 0 Å². The van der Waals surface area contributed by atoms with Gasteiger partial charge in [0.1, 0.15) is 0 Å². The summed E-state index contributed by atoms with van der Waals surface area (Å²) < 4.78 is 0. The third kappa shape index (κ3) is 1.97. The van der Waals surface area contributed by atoms with E-state index in [1.165, 1.54) is 32.1 Å². The van der Waals surface area contributed by atoms with Crippen molar-refractivity contribution in [3.8, 4) is 0 Å². The van der Waals surface area contributed by atoms with Crippen molar-refractivity contribution < 1.29 is 4.79 Å². The Bertz CT molecular complexity index is 330.